The second-order valence-electron chi connectivity index (χ2n) is 3.40. The molecule has 0 aliphatic carbocycles. The Kier molecular flexibility index (Phi) is 3.71. The molecule has 0 aliphatic rings. The van der Waals surface area contributed by atoms with Crippen LogP contribution in [0.4, 0.5) is 14.5 Å². The molecule has 0 aliphatic heterocycles. The first-order valence-corrected chi connectivity index (χ1v) is 4.62. The van der Waals surface area contributed by atoms with Crippen molar-refractivity contribution in [3.05, 3.63) is 29.3 Å². The second-order valence-corrected chi connectivity index (χ2v) is 3.40. The lowest BCUT2D eigenvalue weighted by atomic mass is 10.1. The molecule has 1 amide bonds. The van der Waals surface area contributed by atoms with Crippen molar-refractivity contribution in [1.82, 2.24) is 0 Å². The average Bonchev–Trinajstić information content (AvgIpc) is 2.16. The number of aryl methyl sites for hydroxylation is 1. The number of anilines is 1. The molecule has 0 unspecified atom stereocenters. The van der Waals surface area contributed by atoms with Gasteiger partial charge in [-0.25, -0.2) is 0 Å². The lowest BCUT2D eigenvalue weighted by Crippen LogP contribution is -2.21. The molecule has 16 heavy (non-hydrogen) atoms. The Balaban J connectivity index is 3.06. The number of rotatable bonds is 3. The van der Waals surface area contributed by atoms with E-state index in [1.807, 2.05) is 5.32 Å². The third-order valence-electron chi connectivity index (χ3n) is 2.01. The van der Waals surface area contributed by atoms with Crippen LogP contribution in [0, 0.1) is 6.92 Å². The normalized spacial score (nSPS) is 10.3. The summed E-state index contributed by atoms with van der Waals surface area (Å²) in [5, 5.41) is 2.02. The molecule has 0 bridgehead atoms. The highest BCUT2D eigenvalue weighted by Crippen LogP contribution is 2.18. The van der Waals surface area contributed by atoms with Crippen LogP contribution in [0.3, 0.4) is 0 Å². The summed E-state index contributed by atoms with van der Waals surface area (Å²) in [4.78, 5) is 22.0. The van der Waals surface area contributed by atoms with Crippen LogP contribution in [0.1, 0.15) is 22.8 Å². The number of halogens is 2. The van der Waals surface area contributed by atoms with Crippen molar-refractivity contribution in [3.8, 4) is 0 Å². The van der Waals surface area contributed by atoms with Gasteiger partial charge in [-0.05, 0) is 31.5 Å². The largest absolute Gasteiger partial charge is 0.320 e. The Morgan fingerprint density at radius 3 is 2.44 bits per heavy atom. The molecule has 1 aromatic carbocycles. The fourth-order valence-corrected chi connectivity index (χ4v) is 1.26. The van der Waals surface area contributed by atoms with Gasteiger partial charge in [0.15, 0.2) is 5.78 Å². The summed E-state index contributed by atoms with van der Waals surface area (Å²) in [6.45, 7) is 3.05. The summed E-state index contributed by atoms with van der Waals surface area (Å²) in [6.07, 6.45) is -3.10. The van der Waals surface area contributed by atoms with Crippen molar-refractivity contribution in [2.45, 2.75) is 20.3 Å². The van der Waals surface area contributed by atoms with E-state index >= 15 is 0 Å². The lowest BCUT2D eigenvalue weighted by Gasteiger charge is -2.09. The summed E-state index contributed by atoms with van der Waals surface area (Å²) in [6, 6.07) is 4.66. The van der Waals surface area contributed by atoms with E-state index in [1.165, 1.54) is 19.1 Å². The third-order valence-corrected chi connectivity index (χ3v) is 2.01. The van der Waals surface area contributed by atoms with Crippen molar-refractivity contribution in [2.75, 3.05) is 5.32 Å². The maximum absolute atomic E-state index is 12.1. The Hall–Kier alpha value is -1.78. The van der Waals surface area contributed by atoms with Crippen LogP contribution in [0.5, 0.6) is 0 Å². The van der Waals surface area contributed by atoms with Crippen LogP contribution in [0.2, 0.25) is 0 Å². The van der Waals surface area contributed by atoms with Gasteiger partial charge in [-0.2, -0.15) is 8.78 Å². The Labute approximate surface area is 91.5 Å². The van der Waals surface area contributed by atoms with Crippen LogP contribution in [0.25, 0.3) is 0 Å². The smallest absolute Gasteiger partial charge is 0.315 e. The van der Waals surface area contributed by atoms with Crippen LogP contribution in [0.15, 0.2) is 18.2 Å². The van der Waals surface area contributed by atoms with Gasteiger partial charge in [-0.3, -0.25) is 9.59 Å². The molecule has 1 rings (SSSR count). The SMILES string of the molecule is CC(=O)c1ccc(C)cc1NC(=O)C(F)F. The number of carbonyl (C=O) groups is 2. The van der Waals surface area contributed by atoms with Gasteiger partial charge in [0, 0.05) is 5.56 Å². The van der Waals surface area contributed by atoms with Gasteiger partial charge in [0.05, 0.1) is 5.69 Å². The minimum atomic E-state index is -3.10. The number of benzene rings is 1. The quantitative estimate of drug-likeness (QED) is 0.806. The zero-order valence-electron chi connectivity index (χ0n) is 8.88. The molecular weight excluding hydrogens is 216 g/mol. The number of hydrogen-bond donors (Lipinski definition) is 1. The highest BCUT2D eigenvalue weighted by atomic mass is 19.3. The molecule has 0 heterocycles. The summed E-state index contributed by atoms with van der Waals surface area (Å²) in [5.74, 6) is -1.70. The van der Waals surface area contributed by atoms with Crippen molar-refractivity contribution in [3.63, 3.8) is 0 Å². The Bertz CT molecular complexity index is 430. The first-order chi connectivity index (χ1) is 7.41. The maximum atomic E-state index is 12.1. The van der Waals surface area contributed by atoms with Gasteiger partial charge in [-0.1, -0.05) is 6.07 Å². The molecule has 3 nitrogen and oxygen atoms in total. The zero-order chi connectivity index (χ0) is 12.3. The number of alkyl halides is 2. The number of Topliss-reactive ketones (excluding diaryl/α,β-unsaturated/α-hetero) is 1. The molecule has 0 saturated carbocycles. The molecule has 0 radical (unpaired) electrons. The van der Waals surface area contributed by atoms with E-state index in [0.717, 1.165) is 5.56 Å². The second kappa shape index (κ2) is 4.83. The average molecular weight is 227 g/mol. The number of amides is 1. The Morgan fingerprint density at radius 1 is 1.31 bits per heavy atom. The standard InChI is InChI=1S/C11H11F2NO2/c1-6-3-4-8(7(2)15)9(5-6)14-11(16)10(12)13/h3-5,10H,1-2H3,(H,14,16). The highest BCUT2D eigenvalue weighted by Gasteiger charge is 2.17. The molecule has 1 N–H and O–H groups in total. The molecule has 0 spiro atoms. The number of nitrogens with one attached hydrogen (secondary N) is 1. The summed E-state index contributed by atoms with van der Waals surface area (Å²) in [7, 11) is 0. The highest BCUT2D eigenvalue weighted by molar-refractivity contribution is 6.04. The first kappa shape index (κ1) is 12.3. The van der Waals surface area contributed by atoms with Crippen LogP contribution >= 0.6 is 0 Å². The van der Waals surface area contributed by atoms with Gasteiger partial charge in [0.2, 0.25) is 0 Å². The molecule has 0 saturated heterocycles. The maximum Gasteiger partial charge on any atom is 0.315 e. The fraction of sp³-hybridized carbons (Fsp3) is 0.273. The zero-order valence-corrected chi connectivity index (χ0v) is 8.88. The third kappa shape index (κ3) is 2.85. The number of ketones is 1. The number of hydrogen-bond acceptors (Lipinski definition) is 2. The molecule has 0 aromatic heterocycles. The van der Waals surface area contributed by atoms with Crippen LogP contribution in [-0.4, -0.2) is 18.1 Å². The van der Waals surface area contributed by atoms with E-state index in [0.29, 0.717) is 0 Å². The predicted octanol–water partition coefficient (Wildman–Crippen LogP) is 2.40. The van der Waals surface area contributed by atoms with Crippen molar-refractivity contribution < 1.29 is 18.4 Å². The van der Waals surface area contributed by atoms with Crippen LogP contribution < -0.4 is 5.32 Å². The lowest BCUT2D eigenvalue weighted by molar-refractivity contribution is -0.126. The minimum absolute atomic E-state index is 0.123. The van der Waals surface area contributed by atoms with Gasteiger partial charge >= 0.3 is 6.43 Å². The molecule has 0 atom stereocenters. The first-order valence-electron chi connectivity index (χ1n) is 4.62. The minimum Gasteiger partial charge on any atom is -0.320 e. The predicted molar refractivity (Wildman–Crippen MR) is 55.8 cm³/mol. The topological polar surface area (TPSA) is 46.2 Å². The summed E-state index contributed by atoms with van der Waals surface area (Å²) < 4.78 is 24.1. The monoisotopic (exact) mass is 227 g/mol. The molecule has 86 valence electrons. The van der Waals surface area contributed by atoms with Crippen molar-refractivity contribution >= 4 is 17.4 Å². The van der Waals surface area contributed by atoms with E-state index < -0.39 is 12.3 Å². The molecule has 1 aromatic rings. The van der Waals surface area contributed by atoms with Crippen LogP contribution in [-0.2, 0) is 4.79 Å². The van der Waals surface area contributed by atoms with E-state index in [1.54, 1.807) is 13.0 Å². The molecular formula is C11H11F2NO2. The van der Waals surface area contributed by atoms with Gasteiger partial charge in [0.25, 0.3) is 5.91 Å². The van der Waals surface area contributed by atoms with Gasteiger partial charge in [0.1, 0.15) is 0 Å². The van der Waals surface area contributed by atoms with Gasteiger partial charge < -0.3 is 5.32 Å². The molecule has 5 heteroatoms. The van der Waals surface area contributed by atoms with Crippen molar-refractivity contribution in [1.29, 1.82) is 0 Å². The summed E-state index contributed by atoms with van der Waals surface area (Å²) in [5.41, 5.74) is 1.12. The van der Waals surface area contributed by atoms with E-state index in [9.17, 15) is 18.4 Å². The van der Waals surface area contributed by atoms with E-state index in [2.05, 4.69) is 0 Å². The molecule has 0 fully saturated rings. The Morgan fingerprint density at radius 2 is 1.94 bits per heavy atom. The fourth-order valence-electron chi connectivity index (χ4n) is 1.26. The number of carbonyl (C=O) groups excluding carboxylic acids is 2. The van der Waals surface area contributed by atoms with E-state index in [-0.39, 0.29) is 17.0 Å². The summed E-state index contributed by atoms with van der Waals surface area (Å²) >= 11 is 0. The van der Waals surface area contributed by atoms with Crippen molar-refractivity contribution in [2.24, 2.45) is 0 Å². The van der Waals surface area contributed by atoms with E-state index in [4.69, 9.17) is 0 Å². The van der Waals surface area contributed by atoms with Gasteiger partial charge in [-0.15, -0.1) is 0 Å².